The molecule has 0 spiro atoms. The lowest BCUT2D eigenvalue weighted by molar-refractivity contribution is 0.700. The second kappa shape index (κ2) is 4.48. The highest BCUT2D eigenvalue weighted by Crippen LogP contribution is 2.37. The van der Waals surface area contributed by atoms with Crippen LogP contribution in [0.15, 0.2) is 24.3 Å². The lowest BCUT2D eigenvalue weighted by Gasteiger charge is -2.25. The van der Waals surface area contributed by atoms with Crippen molar-refractivity contribution in [3.63, 3.8) is 0 Å². The van der Waals surface area contributed by atoms with E-state index in [-0.39, 0.29) is 0 Å². The molecule has 0 saturated heterocycles. The van der Waals surface area contributed by atoms with E-state index in [9.17, 15) is 5.26 Å². The highest BCUT2D eigenvalue weighted by molar-refractivity contribution is 5.86. The van der Waals surface area contributed by atoms with Crippen LogP contribution in [0.3, 0.4) is 0 Å². The minimum Gasteiger partial charge on any atom is -0.355 e. The van der Waals surface area contributed by atoms with Gasteiger partial charge in [0, 0.05) is 12.6 Å². The Bertz CT molecular complexity index is 943. The summed E-state index contributed by atoms with van der Waals surface area (Å²) >= 11 is 0. The third-order valence-corrected chi connectivity index (χ3v) is 4.70. The number of para-hydroxylation sites is 2. The molecule has 110 valence electrons. The smallest absolute Gasteiger partial charge is 0.157 e. The van der Waals surface area contributed by atoms with Gasteiger partial charge in [-0.3, -0.25) is 4.40 Å². The number of nitrogens with zero attached hydrogens (tertiary/aromatic N) is 4. The first-order chi connectivity index (χ1) is 10.6. The molecule has 2 aromatic heterocycles. The fraction of sp³-hybridized carbons (Fsp3) is 0.333. The monoisotopic (exact) mass is 290 g/mol. The molecule has 4 nitrogen and oxygen atoms in total. The Morgan fingerprint density at radius 3 is 2.77 bits per heavy atom. The van der Waals surface area contributed by atoms with E-state index in [4.69, 9.17) is 4.98 Å². The van der Waals surface area contributed by atoms with E-state index in [1.165, 1.54) is 11.4 Å². The highest BCUT2D eigenvalue weighted by atomic mass is 15.3. The summed E-state index contributed by atoms with van der Waals surface area (Å²) in [6.45, 7) is 7.49. The summed E-state index contributed by atoms with van der Waals surface area (Å²) in [5.41, 5.74) is 5.90. The van der Waals surface area contributed by atoms with Crippen molar-refractivity contribution in [2.24, 2.45) is 0 Å². The van der Waals surface area contributed by atoms with Gasteiger partial charge in [0.2, 0.25) is 0 Å². The first-order valence-electron chi connectivity index (χ1n) is 7.73. The molecule has 3 aromatic rings. The zero-order valence-corrected chi connectivity index (χ0v) is 13.1. The van der Waals surface area contributed by atoms with Gasteiger partial charge < -0.3 is 4.90 Å². The number of hydrogen-bond acceptors (Lipinski definition) is 3. The standard InChI is InChI=1S/C18H18N4/c1-11(2)21-9-8-13-12(3)14(10-19)17-20-15-6-4-5-7-16(15)22(17)18(13)21/h4-7,11H,8-9H2,1-3H3. The van der Waals surface area contributed by atoms with Crippen molar-refractivity contribution in [1.82, 2.24) is 9.38 Å². The Balaban J connectivity index is 2.25. The van der Waals surface area contributed by atoms with Crippen molar-refractivity contribution in [2.45, 2.75) is 33.2 Å². The molecular weight excluding hydrogens is 272 g/mol. The Morgan fingerprint density at radius 2 is 2.05 bits per heavy atom. The average Bonchev–Trinajstić information content (AvgIpc) is 3.08. The molecule has 4 heteroatoms. The Morgan fingerprint density at radius 1 is 1.27 bits per heavy atom. The summed E-state index contributed by atoms with van der Waals surface area (Å²) in [6.07, 6.45) is 0.997. The van der Waals surface area contributed by atoms with E-state index in [0.29, 0.717) is 11.6 Å². The average molecular weight is 290 g/mol. The van der Waals surface area contributed by atoms with Crippen LogP contribution in [0.25, 0.3) is 16.7 Å². The normalized spacial score (nSPS) is 14.0. The number of nitriles is 1. The Hall–Kier alpha value is -2.54. The maximum absolute atomic E-state index is 9.63. The van der Waals surface area contributed by atoms with Crippen molar-refractivity contribution in [3.05, 3.63) is 41.0 Å². The van der Waals surface area contributed by atoms with Crippen LogP contribution in [0.4, 0.5) is 5.82 Å². The summed E-state index contributed by atoms with van der Waals surface area (Å²) in [5, 5.41) is 9.63. The molecule has 1 aromatic carbocycles. The molecule has 0 atom stereocenters. The molecule has 0 bridgehead atoms. The van der Waals surface area contributed by atoms with Crippen LogP contribution in [0.1, 0.15) is 30.5 Å². The molecule has 22 heavy (non-hydrogen) atoms. The van der Waals surface area contributed by atoms with E-state index >= 15 is 0 Å². The van der Waals surface area contributed by atoms with Gasteiger partial charge in [-0.15, -0.1) is 0 Å². The van der Waals surface area contributed by atoms with Crippen LogP contribution < -0.4 is 4.90 Å². The fourth-order valence-electron chi connectivity index (χ4n) is 3.61. The van der Waals surface area contributed by atoms with Gasteiger partial charge in [0.05, 0.1) is 16.6 Å². The van der Waals surface area contributed by atoms with Gasteiger partial charge in [-0.1, -0.05) is 12.1 Å². The predicted octanol–water partition coefficient (Wildman–Crippen LogP) is 3.44. The van der Waals surface area contributed by atoms with Crippen LogP contribution in [-0.2, 0) is 6.42 Å². The van der Waals surface area contributed by atoms with Crippen LogP contribution in [-0.4, -0.2) is 22.0 Å². The predicted molar refractivity (Wildman–Crippen MR) is 88.3 cm³/mol. The van der Waals surface area contributed by atoms with Crippen LogP contribution >= 0.6 is 0 Å². The lowest BCUT2D eigenvalue weighted by atomic mass is 10.0. The Kier molecular flexibility index (Phi) is 2.67. The number of fused-ring (bicyclic) bond motifs is 5. The molecule has 0 unspecified atom stereocenters. The molecule has 0 aliphatic carbocycles. The van der Waals surface area contributed by atoms with Gasteiger partial charge in [0.25, 0.3) is 0 Å². The van der Waals surface area contributed by atoms with Crippen molar-refractivity contribution in [2.75, 3.05) is 11.4 Å². The van der Waals surface area contributed by atoms with Gasteiger partial charge in [0.15, 0.2) is 5.65 Å². The first kappa shape index (κ1) is 13.1. The Labute approximate surface area is 129 Å². The van der Waals surface area contributed by atoms with Crippen molar-refractivity contribution in [1.29, 1.82) is 5.26 Å². The van der Waals surface area contributed by atoms with E-state index in [1.807, 2.05) is 18.2 Å². The third-order valence-electron chi connectivity index (χ3n) is 4.70. The van der Waals surface area contributed by atoms with Crippen LogP contribution in [0.5, 0.6) is 0 Å². The van der Waals surface area contributed by atoms with Crippen LogP contribution in [0, 0.1) is 18.3 Å². The molecule has 0 amide bonds. The molecule has 0 fully saturated rings. The van der Waals surface area contributed by atoms with Crippen LogP contribution in [0.2, 0.25) is 0 Å². The van der Waals surface area contributed by atoms with Crippen molar-refractivity contribution < 1.29 is 0 Å². The largest absolute Gasteiger partial charge is 0.355 e. The molecule has 0 radical (unpaired) electrons. The molecule has 3 heterocycles. The molecule has 1 aliphatic heterocycles. The maximum atomic E-state index is 9.63. The number of anilines is 1. The molecule has 4 rings (SSSR count). The zero-order valence-electron chi connectivity index (χ0n) is 13.1. The number of benzene rings is 1. The molecule has 1 aliphatic rings. The van der Waals surface area contributed by atoms with Gasteiger partial charge in [-0.2, -0.15) is 5.26 Å². The number of imidazole rings is 1. The first-order valence-corrected chi connectivity index (χ1v) is 7.73. The lowest BCUT2D eigenvalue weighted by Crippen LogP contribution is -2.29. The van der Waals surface area contributed by atoms with Gasteiger partial charge in [-0.25, -0.2) is 4.98 Å². The van der Waals surface area contributed by atoms with E-state index in [2.05, 4.69) is 42.2 Å². The molecular formula is C18H18N4. The topological polar surface area (TPSA) is 44.3 Å². The van der Waals surface area contributed by atoms with Crippen molar-refractivity contribution >= 4 is 22.5 Å². The molecule has 0 N–H and O–H groups in total. The van der Waals surface area contributed by atoms with E-state index in [1.54, 1.807) is 0 Å². The summed E-state index contributed by atoms with van der Waals surface area (Å²) in [4.78, 5) is 7.15. The van der Waals surface area contributed by atoms with Gasteiger partial charge in [-0.05, 0) is 50.5 Å². The second-order valence-corrected chi connectivity index (χ2v) is 6.21. The second-order valence-electron chi connectivity index (χ2n) is 6.21. The van der Waals surface area contributed by atoms with Crippen molar-refractivity contribution in [3.8, 4) is 6.07 Å². The summed E-state index contributed by atoms with van der Waals surface area (Å²) < 4.78 is 2.18. The SMILES string of the molecule is Cc1c2c(n3c(nc4ccccc43)c1C#N)N(C(C)C)CC2. The van der Waals surface area contributed by atoms with Gasteiger partial charge >= 0.3 is 0 Å². The molecule has 0 saturated carbocycles. The van der Waals surface area contributed by atoms with E-state index in [0.717, 1.165) is 35.2 Å². The zero-order chi connectivity index (χ0) is 15.4. The summed E-state index contributed by atoms with van der Waals surface area (Å²) in [6, 6.07) is 10.9. The summed E-state index contributed by atoms with van der Waals surface area (Å²) in [5.74, 6) is 1.22. The minimum atomic E-state index is 0.429. The quantitative estimate of drug-likeness (QED) is 0.689. The third kappa shape index (κ3) is 1.54. The van der Waals surface area contributed by atoms with Gasteiger partial charge in [0.1, 0.15) is 11.9 Å². The van der Waals surface area contributed by atoms with E-state index < -0.39 is 0 Å². The maximum Gasteiger partial charge on any atom is 0.157 e. The fourth-order valence-corrected chi connectivity index (χ4v) is 3.61. The number of rotatable bonds is 1. The summed E-state index contributed by atoms with van der Waals surface area (Å²) in [7, 11) is 0. The number of pyridine rings is 1. The number of aromatic nitrogens is 2. The minimum absolute atomic E-state index is 0.429. The number of hydrogen-bond donors (Lipinski definition) is 0. The highest BCUT2D eigenvalue weighted by Gasteiger charge is 2.29.